The maximum Gasteiger partial charge on any atom is 0.220 e. The van der Waals surface area contributed by atoms with Crippen LogP contribution in [-0.4, -0.2) is 12.5 Å². The van der Waals surface area contributed by atoms with Gasteiger partial charge in [-0.05, 0) is 25.3 Å². The Kier molecular flexibility index (Phi) is 3.67. The molecule has 1 unspecified atom stereocenters. The summed E-state index contributed by atoms with van der Waals surface area (Å²) in [5, 5.41) is 3.07. The summed E-state index contributed by atoms with van der Waals surface area (Å²) in [7, 11) is 0. The van der Waals surface area contributed by atoms with Crippen molar-refractivity contribution < 1.29 is 9.53 Å². The largest absolute Gasteiger partial charge is 0.493 e. The molecule has 92 valence electrons. The summed E-state index contributed by atoms with van der Waals surface area (Å²) >= 11 is 0. The van der Waals surface area contributed by atoms with Crippen LogP contribution in [0.15, 0.2) is 18.2 Å². The van der Waals surface area contributed by atoms with Crippen LogP contribution in [0.5, 0.6) is 5.75 Å². The Morgan fingerprint density at radius 1 is 1.53 bits per heavy atom. The van der Waals surface area contributed by atoms with Crippen LogP contribution in [0.4, 0.5) is 0 Å². The van der Waals surface area contributed by atoms with E-state index in [-0.39, 0.29) is 11.9 Å². The quantitative estimate of drug-likeness (QED) is 0.853. The molecule has 0 radical (unpaired) electrons. The number of amides is 1. The highest BCUT2D eigenvalue weighted by atomic mass is 16.5. The van der Waals surface area contributed by atoms with Gasteiger partial charge in [-0.1, -0.05) is 25.1 Å². The number of ether oxygens (including phenoxy) is 1. The van der Waals surface area contributed by atoms with Gasteiger partial charge in [-0.3, -0.25) is 4.79 Å². The molecule has 2 rings (SSSR count). The molecule has 0 bridgehead atoms. The lowest BCUT2D eigenvalue weighted by Gasteiger charge is -2.19. The van der Waals surface area contributed by atoms with Crippen LogP contribution >= 0.6 is 0 Å². The molecule has 0 saturated heterocycles. The predicted octanol–water partition coefficient (Wildman–Crippen LogP) is 2.73. The molecule has 3 heteroatoms. The summed E-state index contributed by atoms with van der Waals surface area (Å²) in [5.74, 6) is 1.05. The third-order valence-corrected chi connectivity index (χ3v) is 3.16. The monoisotopic (exact) mass is 233 g/mol. The van der Waals surface area contributed by atoms with Gasteiger partial charge in [0.15, 0.2) is 0 Å². The summed E-state index contributed by atoms with van der Waals surface area (Å²) in [5.41, 5.74) is 2.25. The van der Waals surface area contributed by atoms with Gasteiger partial charge in [-0.2, -0.15) is 0 Å². The van der Waals surface area contributed by atoms with Crippen molar-refractivity contribution in [2.75, 3.05) is 6.61 Å². The zero-order chi connectivity index (χ0) is 12.3. The smallest absolute Gasteiger partial charge is 0.220 e. The number of para-hydroxylation sites is 1. The van der Waals surface area contributed by atoms with Crippen LogP contribution in [0, 0.1) is 6.92 Å². The lowest BCUT2D eigenvalue weighted by molar-refractivity contribution is -0.121. The van der Waals surface area contributed by atoms with Crippen molar-refractivity contribution in [3.05, 3.63) is 29.3 Å². The summed E-state index contributed by atoms with van der Waals surface area (Å²) < 4.78 is 5.77. The highest BCUT2D eigenvalue weighted by molar-refractivity contribution is 5.76. The predicted molar refractivity (Wildman–Crippen MR) is 67.1 cm³/mol. The number of fused-ring (bicyclic) bond motifs is 1. The van der Waals surface area contributed by atoms with Crippen molar-refractivity contribution in [3.8, 4) is 5.75 Å². The second-order valence-corrected chi connectivity index (χ2v) is 4.46. The van der Waals surface area contributed by atoms with Crippen molar-refractivity contribution in [3.63, 3.8) is 0 Å². The lowest BCUT2D eigenvalue weighted by Crippen LogP contribution is -2.27. The Bertz CT molecular complexity index is 415. The van der Waals surface area contributed by atoms with E-state index in [2.05, 4.69) is 5.32 Å². The van der Waals surface area contributed by atoms with Crippen LogP contribution in [-0.2, 0) is 4.79 Å². The van der Waals surface area contributed by atoms with Gasteiger partial charge in [-0.15, -0.1) is 0 Å². The Morgan fingerprint density at radius 3 is 3.12 bits per heavy atom. The summed E-state index contributed by atoms with van der Waals surface area (Å²) in [4.78, 5) is 11.5. The van der Waals surface area contributed by atoms with E-state index in [0.29, 0.717) is 6.42 Å². The molecular formula is C14H19NO2. The van der Waals surface area contributed by atoms with Gasteiger partial charge < -0.3 is 10.1 Å². The molecule has 3 nitrogen and oxygen atoms in total. The fourth-order valence-electron chi connectivity index (χ4n) is 2.21. The van der Waals surface area contributed by atoms with Crippen molar-refractivity contribution in [2.45, 2.75) is 39.2 Å². The lowest BCUT2D eigenvalue weighted by atomic mass is 10.00. The molecule has 1 aliphatic heterocycles. The highest BCUT2D eigenvalue weighted by Crippen LogP contribution is 2.33. The van der Waals surface area contributed by atoms with E-state index >= 15 is 0 Å². The van der Waals surface area contributed by atoms with E-state index in [1.165, 1.54) is 0 Å². The number of nitrogens with one attached hydrogen (secondary N) is 1. The van der Waals surface area contributed by atoms with Crippen LogP contribution in [0.3, 0.4) is 0 Å². The van der Waals surface area contributed by atoms with Crippen LogP contribution < -0.4 is 10.1 Å². The fourth-order valence-corrected chi connectivity index (χ4v) is 2.21. The van der Waals surface area contributed by atoms with Gasteiger partial charge in [0.2, 0.25) is 5.91 Å². The molecule has 0 aromatic heterocycles. The number of hydrogen-bond donors (Lipinski definition) is 1. The zero-order valence-electron chi connectivity index (χ0n) is 10.5. The van der Waals surface area contributed by atoms with Crippen molar-refractivity contribution in [1.29, 1.82) is 0 Å². The van der Waals surface area contributed by atoms with Gasteiger partial charge in [-0.25, -0.2) is 0 Å². The van der Waals surface area contributed by atoms with Crippen molar-refractivity contribution in [2.24, 2.45) is 0 Å². The first-order chi connectivity index (χ1) is 8.22. The van der Waals surface area contributed by atoms with Crippen LogP contribution in [0.1, 0.15) is 43.4 Å². The van der Waals surface area contributed by atoms with Crippen molar-refractivity contribution in [1.82, 2.24) is 5.32 Å². The Morgan fingerprint density at radius 2 is 2.35 bits per heavy atom. The molecule has 0 saturated carbocycles. The fraction of sp³-hybridized carbons (Fsp3) is 0.500. The van der Waals surface area contributed by atoms with Crippen LogP contribution in [0.25, 0.3) is 0 Å². The molecule has 0 spiro atoms. The molecule has 1 heterocycles. The number of rotatable bonds is 2. The van der Waals surface area contributed by atoms with Gasteiger partial charge in [0.25, 0.3) is 0 Å². The summed E-state index contributed by atoms with van der Waals surface area (Å²) in [6.07, 6.45) is 2.45. The number of hydrogen-bond acceptors (Lipinski definition) is 2. The van der Waals surface area contributed by atoms with E-state index in [0.717, 1.165) is 36.3 Å². The van der Waals surface area contributed by atoms with Gasteiger partial charge >= 0.3 is 0 Å². The normalized spacial score (nSPS) is 18.8. The standard InChI is InChI=1S/C14H19NO2/c1-3-13(16)15-12-8-5-9-17-14-10(2)6-4-7-11(12)14/h4,6-7,12H,3,5,8-9H2,1-2H3,(H,15,16). The Labute approximate surface area is 102 Å². The van der Waals surface area contributed by atoms with Crippen LogP contribution in [0.2, 0.25) is 0 Å². The maximum atomic E-state index is 11.5. The molecule has 1 atom stereocenters. The first kappa shape index (κ1) is 12.0. The number of carbonyl (C=O) groups excluding carboxylic acids is 1. The number of benzene rings is 1. The molecule has 1 amide bonds. The minimum atomic E-state index is 0.0971. The first-order valence-corrected chi connectivity index (χ1v) is 6.24. The Balaban J connectivity index is 2.30. The summed E-state index contributed by atoms with van der Waals surface area (Å²) in [6.45, 7) is 4.65. The second kappa shape index (κ2) is 5.21. The second-order valence-electron chi connectivity index (χ2n) is 4.46. The van der Waals surface area contributed by atoms with E-state index in [1.807, 2.05) is 32.0 Å². The average Bonchev–Trinajstić information content (AvgIpc) is 2.53. The molecule has 1 aromatic rings. The average molecular weight is 233 g/mol. The molecule has 0 fully saturated rings. The zero-order valence-corrected chi connectivity index (χ0v) is 10.5. The minimum absolute atomic E-state index is 0.0971. The van der Waals surface area contributed by atoms with Gasteiger partial charge in [0.05, 0.1) is 12.6 Å². The third-order valence-electron chi connectivity index (χ3n) is 3.16. The molecule has 1 N–H and O–H groups in total. The molecule has 1 aromatic carbocycles. The van der Waals surface area contributed by atoms with Gasteiger partial charge in [0.1, 0.15) is 5.75 Å². The van der Waals surface area contributed by atoms with Gasteiger partial charge in [0, 0.05) is 12.0 Å². The molecule has 17 heavy (non-hydrogen) atoms. The summed E-state index contributed by atoms with van der Waals surface area (Å²) in [6, 6.07) is 6.21. The SMILES string of the molecule is CCC(=O)NC1CCCOc2c(C)cccc21. The highest BCUT2D eigenvalue weighted by Gasteiger charge is 2.21. The maximum absolute atomic E-state index is 11.5. The molecule has 0 aliphatic carbocycles. The van der Waals surface area contributed by atoms with E-state index in [4.69, 9.17) is 4.74 Å². The first-order valence-electron chi connectivity index (χ1n) is 6.24. The van der Waals surface area contributed by atoms with E-state index < -0.39 is 0 Å². The third kappa shape index (κ3) is 2.60. The minimum Gasteiger partial charge on any atom is -0.493 e. The number of aryl methyl sites for hydroxylation is 1. The number of carbonyl (C=O) groups is 1. The van der Waals surface area contributed by atoms with Crippen molar-refractivity contribution >= 4 is 5.91 Å². The van der Waals surface area contributed by atoms with E-state index in [1.54, 1.807) is 0 Å². The van der Waals surface area contributed by atoms with E-state index in [9.17, 15) is 4.79 Å². The molecule has 1 aliphatic rings. The Hall–Kier alpha value is -1.51. The topological polar surface area (TPSA) is 38.3 Å². The molecular weight excluding hydrogens is 214 g/mol.